The minimum atomic E-state index is -3.18. The number of alkyl halides is 2. The van der Waals surface area contributed by atoms with Gasteiger partial charge in [0.2, 0.25) is 0 Å². The smallest absolute Gasteiger partial charge is 0.344 e. The summed E-state index contributed by atoms with van der Waals surface area (Å²) in [6.07, 6.45) is -3.18. The summed E-state index contributed by atoms with van der Waals surface area (Å²) in [5, 5.41) is 19.2. The van der Waals surface area contributed by atoms with E-state index in [2.05, 4.69) is 4.98 Å². The van der Waals surface area contributed by atoms with Crippen molar-refractivity contribution in [2.45, 2.75) is 6.43 Å². The fourth-order valence-electron chi connectivity index (χ4n) is 1.04. The third-order valence-electron chi connectivity index (χ3n) is 1.61. The molecule has 0 bridgehead atoms. The highest BCUT2D eigenvalue weighted by Gasteiger charge is 2.30. The Morgan fingerprint density at radius 1 is 1.62 bits per heavy atom. The fourth-order valence-corrected chi connectivity index (χ4v) is 1.60. The second-order valence-corrected chi connectivity index (χ2v) is 3.69. The van der Waals surface area contributed by atoms with E-state index in [1.54, 1.807) is 0 Å². The molecule has 9 heteroatoms. The van der Waals surface area contributed by atoms with Crippen LogP contribution >= 0.6 is 22.6 Å². The first-order valence-electron chi connectivity index (χ1n) is 3.71. The molecular formula is C7H3F2IN2O4. The Kier molecular flexibility index (Phi) is 3.67. The minimum Gasteiger partial charge on any atom is -0.477 e. The first-order valence-corrected chi connectivity index (χ1v) is 4.78. The van der Waals surface area contributed by atoms with E-state index in [0.29, 0.717) is 0 Å². The molecule has 0 saturated carbocycles. The minimum absolute atomic E-state index is 0.0652. The lowest BCUT2D eigenvalue weighted by Gasteiger charge is -2.05. The van der Waals surface area contributed by atoms with E-state index in [1.807, 2.05) is 0 Å². The Hall–Kier alpha value is -1.39. The van der Waals surface area contributed by atoms with Gasteiger partial charge in [-0.3, -0.25) is 10.1 Å². The van der Waals surface area contributed by atoms with Crippen molar-refractivity contribution in [3.8, 4) is 0 Å². The van der Waals surface area contributed by atoms with Gasteiger partial charge < -0.3 is 5.11 Å². The predicted octanol–water partition coefficient (Wildman–Crippen LogP) is 2.23. The lowest BCUT2D eigenvalue weighted by atomic mass is 10.1. The molecule has 6 nitrogen and oxygen atoms in total. The normalized spacial score (nSPS) is 10.5. The summed E-state index contributed by atoms with van der Waals surface area (Å²) in [7, 11) is 0. The lowest BCUT2D eigenvalue weighted by Crippen LogP contribution is -2.10. The van der Waals surface area contributed by atoms with Crippen LogP contribution in [0.15, 0.2) is 6.07 Å². The van der Waals surface area contributed by atoms with E-state index in [1.165, 1.54) is 22.6 Å². The number of halogens is 3. The number of aromatic carboxylic acids is 1. The summed E-state index contributed by atoms with van der Waals surface area (Å²) in [4.78, 5) is 23.5. The molecular weight excluding hydrogens is 341 g/mol. The Balaban J connectivity index is 3.60. The zero-order valence-corrected chi connectivity index (χ0v) is 9.51. The molecule has 0 aliphatic heterocycles. The van der Waals surface area contributed by atoms with E-state index in [9.17, 15) is 23.7 Å². The third-order valence-corrected chi connectivity index (χ3v) is 2.17. The molecule has 0 amide bonds. The van der Waals surface area contributed by atoms with Crippen LogP contribution in [0, 0.1) is 13.8 Å². The highest BCUT2D eigenvalue weighted by Crippen LogP contribution is 2.29. The van der Waals surface area contributed by atoms with Gasteiger partial charge in [-0.1, -0.05) is 0 Å². The predicted molar refractivity (Wildman–Crippen MR) is 55.5 cm³/mol. The van der Waals surface area contributed by atoms with Crippen LogP contribution in [0.3, 0.4) is 0 Å². The zero-order valence-electron chi connectivity index (χ0n) is 7.35. The molecule has 1 rings (SSSR count). The topological polar surface area (TPSA) is 93.3 Å². The van der Waals surface area contributed by atoms with Crippen LogP contribution in [-0.2, 0) is 0 Å². The van der Waals surface area contributed by atoms with Crippen LogP contribution in [0.2, 0.25) is 0 Å². The highest BCUT2D eigenvalue weighted by atomic mass is 127. The average molecular weight is 344 g/mol. The number of nitro groups is 1. The molecule has 1 heterocycles. The maximum absolute atomic E-state index is 12.5. The molecule has 0 radical (unpaired) electrons. The summed E-state index contributed by atoms with van der Waals surface area (Å²) >= 11 is 1.50. The van der Waals surface area contributed by atoms with Crippen molar-refractivity contribution in [1.29, 1.82) is 0 Å². The van der Waals surface area contributed by atoms with Crippen molar-refractivity contribution in [3.63, 3.8) is 0 Å². The molecule has 0 fully saturated rings. The number of hydrogen-bond acceptors (Lipinski definition) is 4. The van der Waals surface area contributed by atoms with Gasteiger partial charge in [0.15, 0.2) is 5.56 Å². The maximum Gasteiger partial charge on any atom is 0.344 e. The maximum atomic E-state index is 12.5. The standard InChI is InChI=1S/C7H3F2IN2O4/c8-6(9)5-4(7(13)14)2(12(15)16)1-3(10)11-5/h1,6H,(H,13,14). The monoisotopic (exact) mass is 344 g/mol. The summed E-state index contributed by atoms with van der Waals surface area (Å²) in [6.45, 7) is 0. The van der Waals surface area contributed by atoms with Crippen LogP contribution in [-0.4, -0.2) is 21.0 Å². The van der Waals surface area contributed by atoms with Crippen molar-refractivity contribution < 1.29 is 23.6 Å². The molecule has 1 aromatic heterocycles. The molecule has 0 atom stereocenters. The highest BCUT2D eigenvalue weighted by molar-refractivity contribution is 14.1. The van der Waals surface area contributed by atoms with Gasteiger partial charge in [-0.2, -0.15) is 0 Å². The van der Waals surface area contributed by atoms with Crippen molar-refractivity contribution in [2.75, 3.05) is 0 Å². The van der Waals surface area contributed by atoms with Gasteiger partial charge >= 0.3 is 5.97 Å². The molecule has 0 aromatic carbocycles. The summed E-state index contributed by atoms with van der Waals surface area (Å²) in [5.74, 6) is -1.80. The number of hydrogen-bond donors (Lipinski definition) is 1. The zero-order chi connectivity index (χ0) is 12.5. The number of rotatable bonds is 3. The van der Waals surface area contributed by atoms with Crippen molar-refractivity contribution >= 4 is 34.2 Å². The quantitative estimate of drug-likeness (QED) is 0.393. The van der Waals surface area contributed by atoms with Crippen LogP contribution in [0.1, 0.15) is 22.5 Å². The van der Waals surface area contributed by atoms with Gasteiger partial charge in [-0.15, -0.1) is 0 Å². The van der Waals surface area contributed by atoms with Crippen molar-refractivity contribution in [2.24, 2.45) is 0 Å². The van der Waals surface area contributed by atoms with E-state index >= 15 is 0 Å². The van der Waals surface area contributed by atoms with Crippen molar-refractivity contribution in [1.82, 2.24) is 4.98 Å². The molecule has 0 saturated heterocycles. The Labute approximate surface area is 101 Å². The second kappa shape index (κ2) is 4.63. The number of carboxylic acid groups (broad SMARTS) is 1. The van der Waals surface area contributed by atoms with E-state index in [0.717, 1.165) is 6.07 Å². The van der Waals surface area contributed by atoms with Crippen LogP contribution < -0.4 is 0 Å². The van der Waals surface area contributed by atoms with Gasteiger partial charge in [0.1, 0.15) is 9.39 Å². The lowest BCUT2D eigenvalue weighted by molar-refractivity contribution is -0.385. The van der Waals surface area contributed by atoms with Crippen molar-refractivity contribution in [3.05, 3.63) is 31.1 Å². The van der Waals surface area contributed by atoms with Crippen LogP contribution in [0.25, 0.3) is 0 Å². The molecule has 0 aliphatic rings. The number of carbonyl (C=O) groups is 1. The van der Waals surface area contributed by atoms with Gasteiger partial charge in [0.25, 0.3) is 12.1 Å². The molecule has 0 spiro atoms. The SMILES string of the molecule is O=C(O)c1c([N+](=O)[O-])cc(I)nc1C(F)F. The molecule has 0 unspecified atom stereocenters. The molecule has 1 N–H and O–H groups in total. The van der Waals surface area contributed by atoms with Gasteiger partial charge in [-0.05, 0) is 22.6 Å². The summed E-state index contributed by atoms with van der Waals surface area (Å²) in [5.41, 5.74) is -3.05. The second-order valence-electron chi connectivity index (χ2n) is 2.59. The Morgan fingerprint density at radius 3 is 2.56 bits per heavy atom. The van der Waals surface area contributed by atoms with E-state index < -0.39 is 34.3 Å². The number of aromatic nitrogens is 1. The third kappa shape index (κ3) is 2.40. The van der Waals surface area contributed by atoms with Crippen LogP contribution in [0.5, 0.6) is 0 Å². The van der Waals surface area contributed by atoms with Crippen LogP contribution in [0.4, 0.5) is 14.5 Å². The largest absolute Gasteiger partial charge is 0.477 e. The number of carboxylic acids is 1. The first kappa shape index (κ1) is 12.7. The molecule has 16 heavy (non-hydrogen) atoms. The Bertz CT molecular complexity index is 466. The summed E-state index contributed by atoms with van der Waals surface area (Å²) < 4.78 is 24.9. The molecule has 1 aromatic rings. The summed E-state index contributed by atoms with van der Waals surface area (Å²) in [6, 6.07) is 0.829. The first-order chi connectivity index (χ1) is 7.34. The fraction of sp³-hybridized carbons (Fsp3) is 0.143. The molecule has 86 valence electrons. The van der Waals surface area contributed by atoms with Gasteiger partial charge in [-0.25, -0.2) is 18.6 Å². The van der Waals surface area contributed by atoms with E-state index in [4.69, 9.17) is 5.11 Å². The number of nitrogens with zero attached hydrogens (tertiary/aromatic N) is 2. The van der Waals surface area contributed by atoms with Gasteiger partial charge in [0, 0.05) is 6.07 Å². The average Bonchev–Trinajstić information content (AvgIpc) is 2.15. The molecule has 0 aliphatic carbocycles. The number of pyridine rings is 1. The van der Waals surface area contributed by atoms with E-state index in [-0.39, 0.29) is 3.70 Å². The van der Waals surface area contributed by atoms with Gasteiger partial charge in [0.05, 0.1) is 4.92 Å². The Morgan fingerprint density at radius 2 is 2.19 bits per heavy atom.